The number of ether oxygens (including phenoxy) is 1. The molecule has 2 unspecified atom stereocenters. The van der Waals surface area contributed by atoms with Crippen LogP contribution in [0.3, 0.4) is 0 Å². The van der Waals surface area contributed by atoms with Crippen molar-refractivity contribution in [2.24, 2.45) is 0 Å². The van der Waals surface area contributed by atoms with Crippen molar-refractivity contribution in [1.29, 1.82) is 0 Å². The molecule has 1 aliphatic heterocycles. The van der Waals surface area contributed by atoms with Crippen LogP contribution < -0.4 is 4.74 Å². The van der Waals surface area contributed by atoms with Crippen molar-refractivity contribution in [1.82, 2.24) is 0 Å². The first-order valence-corrected chi connectivity index (χ1v) is 4.78. The second kappa shape index (κ2) is 2.40. The molecule has 74 valence electrons. The van der Waals surface area contributed by atoms with Gasteiger partial charge in [-0.15, -0.1) is 0 Å². The lowest BCUT2D eigenvalue weighted by atomic mass is 10.1. The van der Waals surface area contributed by atoms with E-state index in [2.05, 4.69) is 0 Å². The van der Waals surface area contributed by atoms with Crippen LogP contribution in [0.2, 0.25) is 5.02 Å². The summed E-state index contributed by atoms with van der Waals surface area (Å²) >= 11 is 5.74. The SMILES string of the molecule is FC(F)C12CC1c1ccc(Cl)cc1O2. The molecule has 2 aliphatic rings. The second-order valence-electron chi connectivity index (χ2n) is 3.80. The van der Waals surface area contributed by atoms with E-state index in [0.717, 1.165) is 5.56 Å². The summed E-state index contributed by atoms with van der Waals surface area (Å²) in [5.41, 5.74) is -0.359. The monoisotopic (exact) mass is 216 g/mol. The van der Waals surface area contributed by atoms with Crippen LogP contribution >= 0.6 is 11.6 Å². The highest BCUT2D eigenvalue weighted by atomic mass is 35.5. The van der Waals surface area contributed by atoms with Gasteiger partial charge >= 0.3 is 0 Å². The Labute approximate surface area is 84.6 Å². The number of hydrogen-bond acceptors (Lipinski definition) is 1. The van der Waals surface area contributed by atoms with Crippen molar-refractivity contribution in [3.8, 4) is 5.75 Å². The van der Waals surface area contributed by atoms with Crippen LogP contribution in [0.25, 0.3) is 0 Å². The predicted molar refractivity (Wildman–Crippen MR) is 48.2 cm³/mol. The summed E-state index contributed by atoms with van der Waals surface area (Å²) in [6, 6.07) is 5.09. The van der Waals surface area contributed by atoms with Crippen LogP contribution in [0.4, 0.5) is 8.78 Å². The van der Waals surface area contributed by atoms with Crippen LogP contribution in [0, 0.1) is 0 Å². The minimum Gasteiger partial charge on any atom is -0.480 e. The van der Waals surface area contributed by atoms with Crippen molar-refractivity contribution >= 4 is 11.6 Å². The molecule has 3 rings (SSSR count). The normalized spacial score (nSPS) is 32.4. The number of fused-ring (bicyclic) bond motifs is 3. The van der Waals surface area contributed by atoms with E-state index >= 15 is 0 Å². The summed E-state index contributed by atoms with van der Waals surface area (Å²) in [6.07, 6.45) is -1.99. The molecule has 1 saturated carbocycles. The Morgan fingerprint density at radius 2 is 2.29 bits per heavy atom. The lowest BCUT2D eigenvalue weighted by Gasteiger charge is -2.12. The molecule has 0 N–H and O–H groups in total. The van der Waals surface area contributed by atoms with E-state index in [9.17, 15) is 8.78 Å². The zero-order chi connectivity index (χ0) is 9.92. The molecule has 0 saturated heterocycles. The zero-order valence-electron chi connectivity index (χ0n) is 7.14. The van der Waals surface area contributed by atoms with Gasteiger partial charge in [0.1, 0.15) is 5.75 Å². The van der Waals surface area contributed by atoms with Gasteiger partial charge in [0.15, 0.2) is 5.60 Å². The number of rotatable bonds is 1. The lowest BCUT2D eigenvalue weighted by molar-refractivity contribution is -0.00204. The molecule has 0 spiro atoms. The van der Waals surface area contributed by atoms with E-state index in [1.807, 2.05) is 0 Å². The maximum absolute atomic E-state index is 12.7. The Balaban J connectivity index is 2.04. The zero-order valence-corrected chi connectivity index (χ0v) is 7.89. The summed E-state index contributed by atoms with van der Waals surface area (Å²) in [5, 5.41) is 0.523. The first-order valence-electron chi connectivity index (χ1n) is 4.40. The first kappa shape index (κ1) is 8.48. The van der Waals surface area contributed by atoms with Crippen LogP contribution in [0.5, 0.6) is 5.75 Å². The molecule has 0 radical (unpaired) electrons. The molecule has 1 nitrogen and oxygen atoms in total. The smallest absolute Gasteiger partial charge is 0.278 e. The molecule has 1 aromatic rings. The fourth-order valence-corrected chi connectivity index (χ4v) is 2.28. The summed E-state index contributed by atoms with van der Waals surface area (Å²) in [7, 11) is 0. The van der Waals surface area contributed by atoms with Gasteiger partial charge in [-0.3, -0.25) is 0 Å². The number of alkyl halides is 2. The average Bonchev–Trinajstić information content (AvgIpc) is 2.75. The molecule has 1 aromatic carbocycles. The third kappa shape index (κ3) is 0.883. The molecule has 1 heterocycles. The van der Waals surface area contributed by atoms with Crippen molar-refractivity contribution in [2.45, 2.75) is 24.4 Å². The minimum absolute atomic E-state index is 0.130. The predicted octanol–water partition coefficient (Wildman–Crippen LogP) is 3.22. The molecule has 0 amide bonds. The van der Waals surface area contributed by atoms with Gasteiger partial charge in [-0.25, -0.2) is 8.78 Å². The highest BCUT2D eigenvalue weighted by Gasteiger charge is 2.68. The van der Waals surface area contributed by atoms with Gasteiger partial charge in [-0.2, -0.15) is 0 Å². The quantitative estimate of drug-likeness (QED) is 0.700. The molecule has 2 atom stereocenters. The molecule has 0 bridgehead atoms. The third-order valence-corrected chi connectivity index (χ3v) is 3.21. The third-order valence-electron chi connectivity index (χ3n) is 2.97. The highest BCUT2D eigenvalue weighted by Crippen LogP contribution is 2.64. The van der Waals surface area contributed by atoms with Crippen LogP contribution in [-0.4, -0.2) is 12.0 Å². The van der Waals surface area contributed by atoms with Crippen LogP contribution in [0.15, 0.2) is 18.2 Å². The Hall–Kier alpha value is -0.830. The fraction of sp³-hybridized carbons (Fsp3) is 0.400. The van der Waals surface area contributed by atoms with Crippen molar-refractivity contribution in [3.05, 3.63) is 28.8 Å². The largest absolute Gasteiger partial charge is 0.480 e. The Morgan fingerprint density at radius 1 is 1.50 bits per heavy atom. The first-order chi connectivity index (χ1) is 6.63. The topological polar surface area (TPSA) is 9.23 Å². The summed E-state index contributed by atoms with van der Waals surface area (Å²) in [4.78, 5) is 0. The minimum atomic E-state index is -2.42. The Morgan fingerprint density at radius 3 is 3.00 bits per heavy atom. The number of hydrogen-bond donors (Lipinski definition) is 0. The molecular weight excluding hydrogens is 210 g/mol. The second-order valence-corrected chi connectivity index (χ2v) is 4.23. The van der Waals surface area contributed by atoms with Gasteiger partial charge < -0.3 is 4.74 Å². The van der Waals surface area contributed by atoms with Gasteiger partial charge in [0, 0.05) is 22.9 Å². The maximum atomic E-state index is 12.7. The summed E-state index contributed by atoms with van der Waals surface area (Å²) in [6.45, 7) is 0. The fourth-order valence-electron chi connectivity index (χ4n) is 2.12. The van der Waals surface area contributed by atoms with E-state index < -0.39 is 12.0 Å². The Bertz CT molecular complexity index is 407. The maximum Gasteiger partial charge on any atom is 0.278 e. The van der Waals surface area contributed by atoms with Crippen molar-refractivity contribution in [2.75, 3.05) is 0 Å². The molecule has 1 aliphatic carbocycles. The van der Waals surface area contributed by atoms with Gasteiger partial charge in [0.05, 0.1) is 0 Å². The van der Waals surface area contributed by atoms with Crippen molar-refractivity contribution in [3.63, 3.8) is 0 Å². The van der Waals surface area contributed by atoms with Gasteiger partial charge in [0.2, 0.25) is 0 Å². The van der Waals surface area contributed by atoms with E-state index in [0.29, 0.717) is 17.2 Å². The molecular formula is C10H7ClF2O. The molecule has 1 fully saturated rings. The molecule has 4 heteroatoms. The van der Waals surface area contributed by atoms with Crippen molar-refractivity contribution < 1.29 is 13.5 Å². The van der Waals surface area contributed by atoms with Crippen LogP contribution in [-0.2, 0) is 0 Å². The Kier molecular flexibility index (Phi) is 1.45. The standard InChI is InChI=1S/C10H7ClF2O/c11-5-1-2-6-7-4-10(7,9(12)13)14-8(6)3-5/h1-3,7,9H,4H2. The number of halogens is 3. The average molecular weight is 217 g/mol. The molecule has 14 heavy (non-hydrogen) atoms. The molecule has 0 aromatic heterocycles. The van der Waals surface area contributed by atoms with E-state index in [-0.39, 0.29) is 5.92 Å². The lowest BCUT2D eigenvalue weighted by Crippen LogP contribution is -2.26. The highest BCUT2D eigenvalue weighted by molar-refractivity contribution is 6.30. The van der Waals surface area contributed by atoms with Gasteiger partial charge in [-0.1, -0.05) is 17.7 Å². The van der Waals surface area contributed by atoms with E-state index in [1.54, 1.807) is 18.2 Å². The van der Waals surface area contributed by atoms with E-state index in [1.165, 1.54) is 0 Å². The summed E-state index contributed by atoms with van der Waals surface area (Å²) < 4.78 is 30.6. The van der Waals surface area contributed by atoms with Gasteiger partial charge in [-0.05, 0) is 12.1 Å². The van der Waals surface area contributed by atoms with E-state index in [4.69, 9.17) is 16.3 Å². The number of benzene rings is 1. The van der Waals surface area contributed by atoms with Gasteiger partial charge in [0.25, 0.3) is 6.43 Å². The summed E-state index contributed by atoms with van der Waals surface area (Å²) in [5.74, 6) is 0.392. The van der Waals surface area contributed by atoms with Crippen LogP contribution in [0.1, 0.15) is 17.9 Å².